The van der Waals surface area contributed by atoms with Crippen LogP contribution >= 0.6 is 11.6 Å². The van der Waals surface area contributed by atoms with Crippen LogP contribution in [0.25, 0.3) is 22.3 Å². The van der Waals surface area contributed by atoms with Crippen molar-refractivity contribution in [2.45, 2.75) is 13.3 Å². The van der Waals surface area contributed by atoms with E-state index in [4.69, 9.17) is 30.2 Å². The molecule has 0 spiro atoms. The maximum atomic E-state index is 13.3. The Labute approximate surface area is 195 Å². The van der Waals surface area contributed by atoms with E-state index < -0.39 is 18.0 Å². The van der Waals surface area contributed by atoms with Crippen LogP contribution in [0.5, 0.6) is 17.2 Å². The topological polar surface area (TPSA) is 75.0 Å². The van der Waals surface area contributed by atoms with Crippen molar-refractivity contribution in [1.82, 2.24) is 0 Å². The van der Waals surface area contributed by atoms with E-state index in [0.29, 0.717) is 33.1 Å². The quantitative estimate of drug-likeness (QED) is 0.328. The highest BCUT2D eigenvalue weighted by Gasteiger charge is 2.21. The lowest BCUT2D eigenvalue weighted by Gasteiger charge is -2.12. The summed E-state index contributed by atoms with van der Waals surface area (Å²) >= 11 is 5.86. The molecule has 3 aromatic carbocycles. The summed E-state index contributed by atoms with van der Waals surface area (Å²) in [7, 11) is 1.56. The molecule has 33 heavy (non-hydrogen) atoms. The van der Waals surface area contributed by atoms with Crippen molar-refractivity contribution in [2.24, 2.45) is 0 Å². The lowest BCUT2D eigenvalue weighted by molar-refractivity contribution is -0.136. The molecule has 0 bridgehead atoms. The molecule has 0 aliphatic rings. The first-order valence-electron chi connectivity index (χ1n) is 10.3. The molecular weight excluding hydrogens is 444 g/mol. The van der Waals surface area contributed by atoms with Gasteiger partial charge in [0.25, 0.3) is 0 Å². The number of esters is 1. The van der Waals surface area contributed by atoms with Crippen molar-refractivity contribution >= 4 is 28.5 Å². The lowest BCUT2D eigenvalue weighted by Crippen LogP contribution is -2.21. The molecule has 4 rings (SSSR count). The fraction of sp³-hybridized carbons (Fsp3) is 0.154. The molecule has 4 aromatic rings. The van der Waals surface area contributed by atoms with Gasteiger partial charge >= 0.3 is 5.97 Å². The van der Waals surface area contributed by atoms with E-state index in [1.807, 2.05) is 13.0 Å². The first kappa shape index (κ1) is 22.4. The summed E-state index contributed by atoms with van der Waals surface area (Å²) in [6.45, 7) is 1.60. The predicted octanol–water partition coefficient (Wildman–Crippen LogP) is 5.67. The minimum atomic E-state index is -0.738. The van der Waals surface area contributed by atoms with Gasteiger partial charge < -0.3 is 18.6 Å². The highest BCUT2D eigenvalue weighted by molar-refractivity contribution is 6.30. The molecule has 7 heteroatoms. The third-order valence-electron chi connectivity index (χ3n) is 5.06. The fourth-order valence-electron chi connectivity index (χ4n) is 3.29. The Morgan fingerprint density at radius 2 is 1.67 bits per heavy atom. The third kappa shape index (κ3) is 5.02. The molecule has 0 amide bonds. The van der Waals surface area contributed by atoms with E-state index in [9.17, 15) is 9.59 Å². The molecule has 0 saturated heterocycles. The van der Waals surface area contributed by atoms with E-state index in [0.717, 1.165) is 12.0 Å². The van der Waals surface area contributed by atoms with Crippen molar-refractivity contribution in [3.8, 4) is 28.6 Å². The maximum Gasteiger partial charge on any atom is 0.349 e. The highest BCUT2D eigenvalue weighted by atomic mass is 35.5. The first-order valence-corrected chi connectivity index (χ1v) is 10.7. The van der Waals surface area contributed by atoms with Gasteiger partial charge in [0.05, 0.1) is 12.5 Å². The number of hydrogen-bond donors (Lipinski definition) is 0. The number of carbonyl (C=O) groups is 1. The Morgan fingerprint density at radius 3 is 2.33 bits per heavy atom. The number of ether oxygens (including phenoxy) is 3. The van der Waals surface area contributed by atoms with Gasteiger partial charge in [-0.3, -0.25) is 4.79 Å². The average Bonchev–Trinajstić information content (AvgIpc) is 2.85. The second kappa shape index (κ2) is 9.79. The van der Waals surface area contributed by atoms with Crippen LogP contribution in [0.3, 0.4) is 0 Å². The molecule has 0 aliphatic heterocycles. The Balaban J connectivity index is 1.71. The number of rotatable bonds is 7. The number of methoxy groups -OCH3 is 1. The van der Waals surface area contributed by atoms with Crippen molar-refractivity contribution in [3.63, 3.8) is 0 Å². The zero-order valence-electron chi connectivity index (χ0n) is 18.1. The molecule has 0 radical (unpaired) electrons. The van der Waals surface area contributed by atoms with Crippen LogP contribution in [0.1, 0.15) is 12.5 Å². The molecule has 0 N–H and O–H groups in total. The van der Waals surface area contributed by atoms with Gasteiger partial charge in [-0.25, -0.2) is 4.79 Å². The molecule has 0 unspecified atom stereocenters. The van der Waals surface area contributed by atoms with E-state index in [-0.39, 0.29) is 11.5 Å². The lowest BCUT2D eigenvalue weighted by atomic mass is 10.1. The zero-order chi connectivity index (χ0) is 23.4. The van der Waals surface area contributed by atoms with Crippen LogP contribution in [0.4, 0.5) is 0 Å². The second-order valence-electron chi connectivity index (χ2n) is 7.22. The molecule has 0 aliphatic carbocycles. The van der Waals surface area contributed by atoms with Crippen molar-refractivity contribution in [3.05, 3.63) is 87.5 Å². The maximum absolute atomic E-state index is 13.3. The zero-order valence-corrected chi connectivity index (χ0v) is 18.8. The summed E-state index contributed by atoms with van der Waals surface area (Å²) < 4.78 is 22.2. The molecule has 0 atom stereocenters. The van der Waals surface area contributed by atoms with E-state index >= 15 is 0 Å². The van der Waals surface area contributed by atoms with Crippen LogP contribution in [-0.4, -0.2) is 19.7 Å². The van der Waals surface area contributed by atoms with E-state index in [1.165, 1.54) is 0 Å². The van der Waals surface area contributed by atoms with Crippen LogP contribution in [0.15, 0.2) is 75.9 Å². The number of carbonyl (C=O) groups excluding carboxylic acids is 1. The van der Waals surface area contributed by atoms with Gasteiger partial charge in [0, 0.05) is 10.6 Å². The van der Waals surface area contributed by atoms with Gasteiger partial charge in [-0.15, -0.1) is 0 Å². The molecule has 0 fully saturated rings. The summed E-state index contributed by atoms with van der Waals surface area (Å²) in [5.41, 5.74) is 1.50. The minimum absolute atomic E-state index is 0.152. The molecular formula is C26H21ClO6. The Bertz CT molecular complexity index is 1340. The first-order chi connectivity index (χ1) is 16.0. The molecule has 0 saturated carbocycles. The van der Waals surface area contributed by atoms with Crippen LogP contribution in [0.2, 0.25) is 5.02 Å². The summed E-state index contributed by atoms with van der Waals surface area (Å²) in [6.07, 6.45) is 0.750. The number of fused-ring (bicyclic) bond motifs is 1. The molecule has 1 aromatic heterocycles. The van der Waals surface area contributed by atoms with Crippen molar-refractivity contribution in [2.75, 3.05) is 13.7 Å². The number of aryl methyl sites for hydroxylation is 1. The summed E-state index contributed by atoms with van der Waals surface area (Å²) in [4.78, 5) is 25.9. The molecule has 1 heterocycles. The summed E-state index contributed by atoms with van der Waals surface area (Å²) in [5.74, 6) is 0.317. The van der Waals surface area contributed by atoms with Crippen molar-refractivity contribution in [1.29, 1.82) is 0 Å². The predicted molar refractivity (Wildman–Crippen MR) is 126 cm³/mol. The number of benzene rings is 3. The number of halogens is 1. The standard InChI is InChI=1S/C26H21ClO6/c1-3-16-4-13-22-21(14-16)24(29)26(25(32-22)17-5-9-19(30-2)10-6-17)33-23(28)15-31-20-11-7-18(27)8-12-20/h4-14H,3,15H2,1-2H3. The second-order valence-corrected chi connectivity index (χ2v) is 7.66. The SMILES string of the molecule is CCc1ccc2oc(-c3ccc(OC)cc3)c(OC(=O)COc3ccc(Cl)cc3)c(=O)c2c1. The largest absolute Gasteiger partial charge is 0.497 e. The van der Waals surface area contributed by atoms with Crippen LogP contribution in [-0.2, 0) is 11.2 Å². The normalized spacial score (nSPS) is 10.8. The Hall–Kier alpha value is -3.77. The van der Waals surface area contributed by atoms with E-state index in [1.54, 1.807) is 67.8 Å². The Morgan fingerprint density at radius 1 is 0.970 bits per heavy atom. The Kier molecular flexibility index (Phi) is 6.66. The van der Waals surface area contributed by atoms with Crippen LogP contribution < -0.4 is 19.6 Å². The smallest absolute Gasteiger partial charge is 0.349 e. The van der Waals surface area contributed by atoms with Crippen molar-refractivity contribution < 1.29 is 23.4 Å². The van der Waals surface area contributed by atoms with Gasteiger partial charge in [0.15, 0.2) is 12.4 Å². The van der Waals surface area contributed by atoms with Gasteiger partial charge in [-0.1, -0.05) is 24.6 Å². The number of hydrogen-bond acceptors (Lipinski definition) is 6. The van der Waals surface area contributed by atoms with Gasteiger partial charge in [-0.05, 0) is 72.6 Å². The average molecular weight is 465 g/mol. The van der Waals surface area contributed by atoms with Gasteiger partial charge in [0.2, 0.25) is 11.2 Å². The summed E-state index contributed by atoms with van der Waals surface area (Å²) in [6, 6.07) is 18.9. The highest BCUT2D eigenvalue weighted by Crippen LogP contribution is 2.32. The summed E-state index contributed by atoms with van der Waals surface area (Å²) in [5, 5.41) is 0.891. The monoisotopic (exact) mass is 464 g/mol. The van der Waals surface area contributed by atoms with Crippen LogP contribution in [0, 0.1) is 0 Å². The minimum Gasteiger partial charge on any atom is -0.497 e. The van der Waals surface area contributed by atoms with E-state index in [2.05, 4.69) is 0 Å². The fourth-order valence-corrected chi connectivity index (χ4v) is 3.41. The van der Waals surface area contributed by atoms with Gasteiger partial charge in [0.1, 0.15) is 17.1 Å². The molecule has 168 valence electrons. The molecule has 6 nitrogen and oxygen atoms in total. The third-order valence-corrected chi connectivity index (χ3v) is 5.31. The van der Waals surface area contributed by atoms with Gasteiger partial charge in [-0.2, -0.15) is 0 Å².